The third-order valence-corrected chi connectivity index (χ3v) is 6.37. The van der Waals surface area contributed by atoms with Gasteiger partial charge in [0.1, 0.15) is 0 Å². The van der Waals surface area contributed by atoms with Crippen LogP contribution in [-0.4, -0.2) is 4.98 Å². The molecule has 32 heavy (non-hydrogen) atoms. The van der Waals surface area contributed by atoms with Gasteiger partial charge >= 0.3 is 0 Å². The Morgan fingerprint density at radius 1 is 0.469 bits per heavy atom. The van der Waals surface area contributed by atoms with Gasteiger partial charge in [0.25, 0.3) is 0 Å². The quantitative estimate of drug-likeness (QED) is 0.309. The van der Waals surface area contributed by atoms with Crippen molar-refractivity contribution in [2.45, 2.75) is 6.42 Å². The van der Waals surface area contributed by atoms with Gasteiger partial charge in [-0.05, 0) is 51.5 Å². The summed E-state index contributed by atoms with van der Waals surface area (Å²) in [6.45, 7) is 0. The first-order valence-electron chi connectivity index (χ1n) is 11.1. The van der Waals surface area contributed by atoms with E-state index in [1.54, 1.807) is 0 Å². The van der Waals surface area contributed by atoms with E-state index in [9.17, 15) is 0 Å². The first kappa shape index (κ1) is 18.7. The zero-order valence-corrected chi connectivity index (χ0v) is 17.8. The fraction of sp³-hybridized carbons (Fsp3) is 0.0323. The topological polar surface area (TPSA) is 15.8 Å². The number of aromatic amines is 1. The maximum absolute atomic E-state index is 3.51. The molecule has 5 aromatic rings. The van der Waals surface area contributed by atoms with E-state index in [0.29, 0.717) is 0 Å². The van der Waals surface area contributed by atoms with E-state index in [1.165, 1.54) is 55.4 Å². The Hall–Kier alpha value is -4.10. The van der Waals surface area contributed by atoms with Gasteiger partial charge in [-0.2, -0.15) is 0 Å². The third-order valence-electron chi connectivity index (χ3n) is 6.37. The molecule has 1 aromatic heterocycles. The summed E-state index contributed by atoms with van der Waals surface area (Å²) in [4.78, 5) is 3.51. The Morgan fingerprint density at radius 3 is 1.59 bits per heavy atom. The minimum Gasteiger partial charge on any atom is -0.361 e. The molecule has 152 valence electrons. The highest BCUT2D eigenvalue weighted by Gasteiger charge is 2.29. The summed E-state index contributed by atoms with van der Waals surface area (Å²) in [5.41, 5.74) is 11.7. The number of allylic oxidation sites excluding steroid dienone is 4. The number of rotatable bonds is 4. The molecule has 0 fully saturated rings. The van der Waals surface area contributed by atoms with Crippen LogP contribution in [0, 0.1) is 0 Å². The largest absolute Gasteiger partial charge is 0.361 e. The molecule has 1 heteroatoms. The Kier molecular flexibility index (Phi) is 4.58. The molecule has 0 unspecified atom stereocenters. The number of benzene rings is 4. The highest BCUT2D eigenvalue weighted by Crippen LogP contribution is 2.52. The lowest BCUT2D eigenvalue weighted by Gasteiger charge is -2.14. The van der Waals surface area contributed by atoms with Gasteiger partial charge in [0.15, 0.2) is 0 Å². The molecular formula is C31H23N. The van der Waals surface area contributed by atoms with Gasteiger partial charge in [0.2, 0.25) is 0 Å². The van der Waals surface area contributed by atoms with Gasteiger partial charge in [-0.15, -0.1) is 0 Å². The van der Waals surface area contributed by atoms with Crippen molar-refractivity contribution in [2.75, 3.05) is 0 Å². The lowest BCUT2D eigenvalue weighted by Crippen LogP contribution is -1.91. The second-order valence-electron chi connectivity index (χ2n) is 8.23. The van der Waals surface area contributed by atoms with Crippen molar-refractivity contribution < 1.29 is 0 Å². The number of fused-ring (bicyclic) bond motifs is 1. The number of nitrogens with one attached hydrogen (secondary N) is 1. The number of H-pyrrole nitrogens is 1. The average molecular weight is 410 g/mol. The molecule has 0 atom stereocenters. The minimum absolute atomic E-state index is 0.910. The predicted octanol–water partition coefficient (Wildman–Crippen LogP) is 8.09. The molecule has 0 saturated heterocycles. The highest BCUT2D eigenvalue weighted by atomic mass is 14.7. The number of para-hydroxylation sites is 1. The van der Waals surface area contributed by atoms with Crippen LogP contribution in [0.2, 0.25) is 0 Å². The maximum Gasteiger partial charge on any atom is 0.0460 e. The first-order chi connectivity index (χ1) is 15.9. The van der Waals surface area contributed by atoms with Crippen molar-refractivity contribution in [3.63, 3.8) is 0 Å². The normalized spacial score (nSPS) is 13.9. The molecule has 0 spiro atoms. The highest BCUT2D eigenvalue weighted by molar-refractivity contribution is 6.29. The van der Waals surface area contributed by atoms with Gasteiger partial charge in [-0.1, -0.05) is 109 Å². The van der Waals surface area contributed by atoms with E-state index in [4.69, 9.17) is 0 Å². The molecule has 1 N–H and O–H groups in total. The molecule has 6 rings (SSSR count). The van der Waals surface area contributed by atoms with Crippen molar-refractivity contribution >= 4 is 33.2 Å². The molecule has 0 aliphatic heterocycles. The number of hydrogen-bond donors (Lipinski definition) is 1. The Morgan fingerprint density at radius 2 is 0.969 bits per heavy atom. The van der Waals surface area contributed by atoms with E-state index in [2.05, 4.69) is 126 Å². The molecule has 0 radical (unpaired) electrons. The van der Waals surface area contributed by atoms with Crippen molar-refractivity contribution in [1.82, 2.24) is 4.98 Å². The third kappa shape index (κ3) is 3.11. The van der Waals surface area contributed by atoms with Gasteiger partial charge < -0.3 is 4.98 Å². The van der Waals surface area contributed by atoms with Gasteiger partial charge in [0.05, 0.1) is 0 Å². The van der Waals surface area contributed by atoms with Crippen LogP contribution >= 0.6 is 0 Å². The zero-order valence-electron chi connectivity index (χ0n) is 17.8. The zero-order chi connectivity index (χ0) is 21.3. The SMILES string of the molecule is c1ccc(C2=C(c3ccccc3)C(c3c[nH]c4ccccc34)=C(c3ccccc3)C2)cc1. The second kappa shape index (κ2) is 7.86. The maximum atomic E-state index is 3.51. The van der Waals surface area contributed by atoms with E-state index >= 15 is 0 Å². The summed E-state index contributed by atoms with van der Waals surface area (Å²) in [7, 11) is 0. The molecule has 0 bridgehead atoms. The fourth-order valence-electron chi connectivity index (χ4n) is 4.93. The average Bonchev–Trinajstić information content (AvgIpc) is 3.47. The lowest BCUT2D eigenvalue weighted by molar-refractivity contribution is 1.42. The van der Waals surface area contributed by atoms with E-state index in [-0.39, 0.29) is 0 Å². The van der Waals surface area contributed by atoms with Crippen LogP contribution in [0.4, 0.5) is 0 Å². The molecule has 1 aliphatic carbocycles. The van der Waals surface area contributed by atoms with Crippen molar-refractivity contribution in [3.05, 3.63) is 144 Å². The Balaban J connectivity index is 1.70. The summed E-state index contributed by atoms with van der Waals surface area (Å²) in [5.74, 6) is 0. The number of hydrogen-bond acceptors (Lipinski definition) is 0. The van der Waals surface area contributed by atoms with Crippen molar-refractivity contribution in [2.24, 2.45) is 0 Å². The predicted molar refractivity (Wildman–Crippen MR) is 136 cm³/mol. The van der Waals surface area contributed by atoms with Crippen LogP contribution < -0.4 is 0 Å². The lowest BCUT2D eigenvalue weighted by atomic mass is 9.89. The summed E-state index contributed by atoms with van der Waals surface area (Å²) >= 11 is 0. The molecule has 0 amide bonds. The summed E-state index contributed by atoms with van der Waals surface area (Å²) in [6.07, 6.45) is 3.09. The van der Waals surface area contributed by atoms with Crippen LogP contribution in [0.15, 0.2) is 121 Å². The summed E-state index contributed by atoms with van der Waals surface area (Å²) in [5, 5.41) is 1.26. The van der Waals surface area contributed by atoms with Gasteiger partial charge in [0, 0.05) is 22.7 Å². The Labute approximate surface area is 188 Å². The molecular weight excluding hydrogens is 386 g/mol. The summed E-state index contributed by atoms with van der Waals surface area (Å²) in [6, 6.07) is 41.1. The van der Waals surface area contributed by atoms with Crippen LogP contribution in [-0.2, 0) is 0 Å². The number of aromatic nitrogens is 1. The van der Waals surface area contributed by atoms with Gasteiger partial charge in [-0.3, -0.25) is 0 Å². The second-order valence-corrected chi connectivity index (χ2v) is 8.23. The van der Waals surface area contributed by atoms with Crippen molar-refractivity contribution in [3.8, 4) is 0 Å². The smallest absolute Gasteiger partial charge is 0.0460 e. The van der Waals surface area contributed by atoms with E-state index in [0.717, 1.165) is 6.42 Å². The van der Waals surface area contributed by atoms with E-state index < -0.39 is 0 Å². The fourth-order valence-corrected chi connectivity index (χ4v) is 4.93. The van der Waals surface area contributed by atoms with Crippen LogP contribution in [0.5, 0.6) is 0 Å². The molecule has 1 nitrogen and oxygen atoms in total. The van der Waals surface area contributed by atoms with Crippen LogP contribution in [0.25, 0.3) is 33.2 Å². The minimum atomic E-state index is 0.910. The monoisotopic (exact) mass is 409 g/mol. The Bertz CT molecular complexity index is 1450. The molecule has 4 aromatic carbocycles. The molecule has 1 aliphatic rings. The summed E-state index contributed by atoms with van der Waals surface area (Å²) < 4.78 is 0. The first-order valence-corrected chi connectivity index (χ1v) is 11.1. The van der Waals surface area contributed by atoms with Crippen LogP contribution in [0.1, 0.15) is 28.7 Å². The standard InChI is InChI=1S/C31H23N/c1-4-12-22(13-5-1)26-20-27(23-14-6-2-7-15-23)31(30(26)24-16-8-3-9-17-24)28-21-32-29-19-11-10-18-25(28)29/h1-19,21,32H,20H2. The van der Waals surface area contributed by atoms with Crippen molar-refractivity contribution in [1.29, 1.82) is 0 Å². The van der Waals surface area contributed by atoms with Gasteiger partial charge in [-0.25, -0.2) is 0 Å². The molecule has 1 heterocycles. The van der Waals surface area contributed by atoms with Crippen LogP contribution in [0.3, 0.4) is 0 Å². The molecule has 0 saturated carbocycles. The van der Waals surface area contributed by atoms with E-state index in [1.807, 2.05) is 0 Å².